The molecule has 156 valence electrons. The Labute approximate surface area is 175 Å². The van der Waals surface area contributed by atoms with Crippen molar-refractivity contribution in [3.05, 3.63) is 53.5 Å². The van der Waals surface area contributed by atoms with Gasteiger partial charge in [0, 0.05) is 16.9 Å². The van der Waals surface area contributed by atoms with E-state index in [1.54, 1.807) is 12.1 Å². The minimum atomic E-state index is -1.21. The average molecular weight is 417 g/mol. The smallest absolute Gasteiger partial charge is 0.136 e. The van der Waals surface area contributed by atoms with Crippen molar-refractivity contribution in [2.24, 2.45) is 5.92 Å². The summed E-state index contributed by atoms with van der Waals surface area (Å²) in [7, 11) is 0. The number of hydrogen-bond donors (Lipinski definition) is 1. The van der Waals surface area contributed by atoms with Gasteiger partial charge in [-0.1, -0.05) is 0 Å². The molecule has 1 N–H and O–H groups in total. The number of rotatable bonds is 6. The predicted octanol–water partition coefficient (Wildman–Crippen LogP) is 4.81. The molecule has 0 radical (unpaired) electrons. The molecule has 4 rings (SSSR count). The van der Waals surface area contributed by atoms with Gasteiger partial charge < -0.3 is 9.29 Å². The van der Waals surface area contributed by atoms with E-state index in [9.17, 15) is 8.94 Å². The molecule has 2 fully saturated rings. The lowest BCUT2D eigenvalue weighted by atomic mass is 9.86. The third-order valence-corrected chi connectivity index (χ3v) is 7.66. The number of ether oxygens (including phenoxy) is 1. The van der Waals surface area contributed by atoms with E-state index in [0.29, 0.717) is 12.5 Å². The van der Waals surface area contributed by atoms with Crippen LogP contribution in [-0.2, 0) is 27.2 Å². The van der Waals surface area contributed by atoms with Crippen LogP contribution in [0.15, 0.2) is 36.4 Å². The second-order valence-corrected chi connectivity index (χ2v) is 11.6. The van der Waals surface area contributed by atoms with Crippen LogP contribution in [0.4, 0.5) is 4.39 Å². The van der Waals surface area contributed by atoms with Crippen LogP contribution >= 0.6 is 0 Å². The minimum Gasteiger partial charge on any atom is -0.598 e. The molecular weight excluding hydrogens is 387 g/mol. The maximum atomic E-state index is 13.4. The summed E-state index contributed by atoms with van der Waals surface area (Å²) in [6.45, 7) is 10.7. The molecule has 6 heteroatoms. The van der Waals surface area contributed by atoms with Gasteiger partial charge >= 0.3 is 0 Å². The number of halogens is 1. The number of nitrogens with zero attached hydrogens (tertiary/aromatic N) is 1. The van der Waals surface area contributed by atoms with Gasteiger partial charge in [0.2, 0.25) is 0 Å². The van der Waals surface area contributed by atoms with Crippen molar-refractivity contribution < 1.29 is 13.7 Å². The molecular formula is C23H29FN2O2S. The topological polar surface area (TPSA) is 60.5 Å². The monoisotopic (exact) mass is 416 g/mol. The number of aromatic nitrogens is 1. The molecule has 2 heterocycles. The van der Waals surface area contributed by atoms with Gasteiger partial charge in [-0.3, -0.25) is 0 Å². The Bertz CT molecular complexity index is 904. The first-order chi connectivity index (χ1) is 13.5. The Balaban J connectivity index is 1.80. The molecule has 3 unspecified atom stereocenters. The van der Waals surface area contributed by atoms with Crippen LogP contribution in [0.2, 0.25) is 0 Å². The minimum absolute atomic E-state index is 0.271. The zero-order chi connectivity index (χ0) is 21.0. The average Bonchev–Trinajstić information content (AvgIpc) is 3.57. The van der Waals surface area contributed by atoms with Crippen molar-refractivity contribution in [2.75, 3.05) is 6.61 Å². The van der Waals surface area contributed by atoms with Gasteiger partial charge in [0.25, 0.3) is 0 Å². The van der Waals surface area contributed by atoms with Crippen molar-refractivity contribution in [3.63, 3.8) is 0 Å². The molecule has 4 nitrogen and oxygen atoms in total. The molecule has 1 aromatic heterocycles. The lowest BCUT2D eigenvalue weighted by molar-refractivity contribution is 0.322. The molecule has 2 aliphatic rings. The molecule has 0 bridgehead atoms. The van der Waals surface area contributed by atoms with Gasteiger partial charge in [-0.15, -0.1) is 4.72 Å². The lowest BCUT2D eigenvalue weighted by Crippen LogP contribution is -2.51. The molecule has 1 saturated carbocycles. The fraction of sp³-hybridized carbons (Fsp3) is 0.522. The van der Waals surface area contributed by atoms with Gasteiger partial charge in [0.1, 0.15) is 16.2 Å². The molecule has 1 aliphatic carbocycles. The summed E-state index contributed by atoms with van der Waals surface area (Å²) in [5, 5.41) is 0. The van der Waals surface area contributed by atoms with Crippen LogP contribution in [0, 0.1) is 11.7 Å². The molecule has 0 amide bonds. The molecule has 29 heavy (non-hydrogen) atoms. The van der Waals surface area contributed by atoms with E-state index in [0.717, 1.165) is 35.4 Å². The third kappa shape index (κ3) is 4.22. The van der Waals surface area contributed by atoms with Crippen molar-refractivity contribution in [3.8, 4) is 11.3 Å². The maximum Gasteiger partial charge on any atom is 0.136 e. The SMILES string of the molecule is CC1(c2cc(C(C)(N[S+]([O-])C(C)(C)C)C3CC3)cc(-c3ccc(F)cc3)n2)CO1. The predicted molar refractivity (Wildman–Crippen MR) is 114 cm³/mol. The first-order valence-electron chi connectivity index (χ1n) is 10.1. The van der Waals surface area contributed by atoms with Gasteiger partial charge in [0.15, 0.2) is 0 Å². The Hall–Kier alpha value is -1.47. The molecule has 2 aromatic rings. The zero-order valence-electron chi connectivity index (χ0n) is 17.7. The first kappa shape index (κ1) is 20.8. The normalized spacial score (nSPS) is 24.8. The Morgan fingerprint density at radius 1 is 1.17 bits per heavy atom. The summed E-state index contributed by atoms with van der Waals surface area (Å²) >= 11 is -1.21. The Morgan fingerprint density at radius 2 is 1.79 bits per heavy atom. The van der Waals surface area contributed by atoms with E-state index in [4.69, 9.17) is 9.72 Å². The zero-order valence-corrected chi connectivity index (χ0v) is 18.5. The van der Waals surface area contributed by atoms with E-state index >= 15 is 0 Å². The fourth-order valence-corrected chi connectivity index (χ4v) is 4.49. The van der Waals surface area contributed by atoms with Gasteiger partial charge in [-0.05, 0) is 95.3 Å². The highest BCUT2D eigenvalue weighted by Crippen LogP contribution is 2.48. The first-order valence-corrected chi connectivity index (χ1v) is 11.3. The van der Waals surface area contributed by atoms with Gasteiger partial charge in [-0.2, -0.15) is 0 Å². The summed E-state index contributed by atoms with van der Waals surface area (Å²) in [5.41, 5.74) is 2.73. The van der Waals surface area contributed by atoms with Crippen LogP contribution in [0.5, 0.6) is 0 Å². The number of hydrogen-bond acceptors (Lipinski definition) is 4. The molecule has 3 atom stereocenters. The van der Waals surface area contributed by atoms with Crippen LogP contribution in [-0.4, -0.2) is 20.9 Å². The Kier molecular flexibility index (Phi) is 5.05. The summed E-state index contributed by atoms with van der Waals surface area (Å²) in [4.78, 5) is 4.84. The summed E-state index contributed by atoms with van der Waals surface area (Å²) < 4.78 is 35.2. The summed E-state index contributed by atoms with van der Waals surface area (Å²) in [5.74, 6) is 0.144. The number of pyridine rings is 1. The lowest BCUT2D eigenvalue weighted by Gasteiger charge is -2.36. The van der Waals surface area contributed by atoms with Crippen LogP contribution in [0.3, 0.4) is 0 Å². The van der Waals surface area contributed by atoms with Crippen molar-refractivity contribution in [1.82, 2.24) is 9.71 Å². The van der Waals surface area contributed by atoms with Crippen molar-refractivity contribution in [2.45, 2.75) is 63.3 Å². The highest BCUT2D eigenvalue weighted by molar-refractivity contribution is 7.90. The van der Waals surface area contributed by atoms with E-state index in [1.807, 2.05) is 33.8 Å². The fourth-order valence-electron chi connectivity index (χ4n) is 3.51. The Morgan fingerprint density at radius 3 is 2.31 bits per heavy atom. The standard InChI is InChI=1S/C23H29FN2O2S/c1-21(2,3)29(27)26-23(5,16-8-9-16)17-12-19(15-6-10-18(24)11-7-15)25-20(13-17)22(4)14-28-22/h6-7,10-13,16,26H,8-9,14H2,1-5H3. The molecule has 1 aliphatic heterocycles. The quantitative estimate of drug-likeness (QED) is 0.542. The molecule has 1 aromatic carbocycles. The molecule has 1 saturated heterocycles. The third-order valence-electron chi connectivity index (χ3n) is 5.94. The maximum absolute atomic E-state index is 13.4. The van der Waals surface area contributed by atoms with Crippen molar-refractivity contribution in [1.29, 1.82) is 0 Å². The van der Waals surface area contributed by atoms with Crippen LogP contribution < -0.4 is 4.72 Å². The highest BCUT2D eigenvalue weighted by atomic mass is 32.2. The molecule has 0 spiro atoms. The van der Waals surface area contributed by atoms with Crippen LogP contribution in [0.25, 0.3) is 11.3 Å². The second-order valence-electron chi connectivity index (χ2n) is 9.61. The number of benzene rings is 1. The van der Waals surface area contributed by atoms with E-state index < -0.39 is 22.5 Å². The summed E-state index contributed by atoms with van der Waals surface area (Å²) in [6.07, 6.45) is 2.20. The summed E-state index contributed by atoms with van der Waals surface area (Å²) in [6, 6.07) is 10.5. The number of nitrogens with one attached hydrogen (secondary N) is 1. The van der Waals surface area contributed by atoms with Crippen molar-refractivity contribution >= 4 is 11.4 Å². The van der Waals surface area contributed by atoms with Gasteiger partial charge in [0.05, 0.1) is 23.5 Å². The van der Waals surface area contributed by atoms with E-state index in [1.165, 1.54) is 12.1 Å². The van der Waals surface area contributed by atoms with E-state index in [-0.39, 0.29) is 10.6 Å². The highest BCUT2D eigenvalue weighted by Gasteiger charge is 2.49. The van der Waals surface area contributed by atoms with Crippen LogP contribution in [0.1, 0.15) is 58.7 Å². The van der Waals surface area contributed by atoms with Gasteiger partial charge in [-0.25, -0.2) is 9.37 Å². The number of epoxide rings is 1. The largest absolute Gasteiger partial charge is 0.598 e. The second kappa shape index (κ2) is 7.05. The van der Waals surface area contributed by atoms with E-state index in [2.05, 4.69) is 17.7 Å².